The van der Waals surface area contributed by atoms with Gasteiger partial charge in [-0.15, -0.1) is 0 Å². The van der Waals surface area contributed by atoms with E-state index in [4.69, 9.17) is 0 Å². The van der Waals surface area contributed by atoms with E-state index < -0.39 is 11.3 Å². The lowest BCUT2D eigenvalue weighted by Gasteiger charge is -2.30. The maximum absolute atomic E-state index is 13.0. The average molecular weight is 342 g/mol. The second-order valence-electron chi connectivity index (χ2n) is 6.47. The third-order valence-electron chi connectivity index (χ3n) is 4.08. The lowest BCUT2D eigenvalue weighted by Crippen LogP contribution is -2.47. The summed E-state index contributed by atoms with van der Waals surface area (Å²) in [4.78, 5) is 27.2. The van der Waals surface area contributed by atoms with E-state index in [1.807, 2.05) is 38.1 Å². The standard InChI is InChI=1S/C20H23FN2O2/c1-5-23(17-8-6-7-14(2)13-17)19(25)20(3,4)18(24)22-16-11-9-15(21)10-12-16/h6-13H,5H2,1-4H3,(H,22,24). The van der Waals surface area contributed by atoms with E-state index in [-0.39, 0.29) is 11.7 Å². The van der Waals surface area contributed by atoms with Crippen molar-refractivity contribution < 1.29 is 14.0 Å². The molecule has 5 heteroatoms. The number of benzene rings is 2. The van der Waals surface area contributed by atoms with Gasteiger partial charge in [-0.1, -0.05) is 12.1 Å². The van der Waals surface area contributed by atoms with Gasteiger partial charge in [-0.2, -0.15) is 0 Å². The molecule has 25 heavy (non-hydrogen) atoms. The summed E-state index contributed by atoms with van der Waals surface area (Å²) in [5.74, 6) is -1.11. The summed E-state index contributed by atoms with van der Waals surface area (Å²) in [6.45, 7) is 7.46. The van der Waals surface area contributed by atoms with Crippen LogP contribution in [0.5, 0.6) is 0 Å². The summed E-state index contributed by atoms with van der Waals surface area (Å²) in [7, 11) is 0. The molecule has 132 valence electrons. The van der Waals surface area contributed by atoms with E-state index in [1.165, 1.54) is 24.3 Å². The number of hydrogen-bond donors (Lipinski definition) is 1. The molecule has 2 amide bonds. The molecule has 0 saturated heterocycles. The Hall–Kier alpha value is -2.69. The van der Waals surface area contributed by atoms with Gasteiger partial charge >= 0.3 is 0 Å². The van der Waals surface area contributed by atoms with Crippen LogP contribution in [0, 0.1) is 18.2 Å². The van der Waals surface area contributed by atoms with Crippen LogP contribution in [-0.2, 0) is 9.59 Å². The zero-order valence-corrected chi connectivity index (χ0v) is 15.0. The first-order chi connectivity index (χ1) is 11.8. The van der Waals surface area contributed by atoms with Crippen LogP contribution < -0.4 is 10.2 Å². The number of halogens is 1. The van der Waals surface area contributed by atoms with Crippen molar-refractivity contribution in [2.45, 2.75) is 27.7 Å². The van der Waals surface area contributed by atoms with E-state index >= 15 is 0 Å². The largest absolute Gasteiger partial charge is 0.325 e. The molecule has 0 heterocycles. The van der Waals surface area contributed by atoms with Crippen LogP contribution in [0.1, 0.15) is 26.3 Å². The molecule has 0 aromatic heterocycles. The Bertz CT molecular complexity index is 770. The third kappa shape index (κ3) is 4.24. The highest BCUT2D eigenvalue weighted by Gasteiger charge is 2.39. The first-order valence-electron chi connectivity index (χ1n) is 8.21. The predicted molar refractivity (Wildman–Crippen MR) is 98.0 cm³/mol. The molecule has 2 aromatic rings. The van der Waals surface area contributed by atoms with E-state index in [0.717, 1.165) is 11.3 Å². The van der Waals surface area contributed by atoms with E-state index in [9.17, 15) is 14.0 Å². The smallest absolute Gasteiger partial charge is 0.242 e. The van der Waals surface area contributed by atoms with Crippen LogP contribution in [0.25, 0.3) is 0 Å². The summed E-state index contributed by atoms with van der Waals surface area (Å²) in [6, 6.07) is 13.0. The first-order valence-corrected chi connectivity index (χ1v) is 8.21. The van der Waals surface area contributed by atoms with E-state index in [0.29, 0.717) is 12.2 Å². The molecule has 0 bridgehead atoms. The topological polar surface area (TPSA) is 49.4 Å². The van der Waals surface area contributed by atoms with E-state index in [2.05, 4.69) is 5.32 Å². The van der Waals surface area contributed by atoms with Crippen LogP contribution in [0.2, 0.25) is 0 Å². The summed E-state index contributed by atoms with van der Waals surface area (Å²) >= 11 is 0. The Morgan fingerprint density at radius 3 is 2.32 bits per heavy atom. The molecular weight excluding hydrogens is 319 g/mol. The summed E-state index contributed by atoms with van der Waals surface area (Å²) in [5.41, 5.74) is 0.979. The molecule has 0 fully saturated rings. The van der Waals surface area contributed by atoms with Gasteiger partial charge in [0.15, 0.2) is 0 Å². The van der Waals surface area contributed by atoms with Crippen molar-refractivity contribution in [3.8, 4) is 0 Å². The number of aryl methyl sites for hydroxylation is 1. The lowest BCUT2D eigenvalue weighted by atomic mass is 9.89. The predicted octanol–water partition coefficient (Wildman–Crippen LogP) is 4.15. The second-order valence-corrected chi connectivity index (χ2v) is 6.47. The number of nitrogens with one attached hydrogen (secondary N) is 1. The van der Waals surface area contributed by atoms with Gasteiger partial charge in [-0.3, -0.25) is 9.59 Å². The third-order valence-corrected chi connectivity index (χ3v) is 4.08. The van der Waals surface area contributed by atoms with E-state index in [1.54, 1.807) is 18.7 Å². The lowest BCUT2D eigenvalue weighted by molar-refractivity contribution is -0.136. The zero-order chi connectivity index (χ0) is 18.6. The normalized spacial score (nSPS) is 11.1. The molecular formula is C20H23FN2O2. The highest BCUT2D eigenvalue weighted by molar-refractivity contribution is 6.14. The zero-order valence-electron chi connectivity index (χ0n) is 15.0. The van der Waals surface area contributed by atoms with Crippen LogP contribution in [0.3, 0.4) is 0 Å². The summed E-state index contributed by atoms with van der Waals surface area (Å²) in [5, 5.41) is 2.68. The Balaban J connectivity index is 2.22. The molecule has 0 aliphatic heterocycles. The fourth-order valence-electron chi connectivity index (χ4n) is 2.49. The fraction of sp³-hybridized carbons (Fsp3) is 0.300. The van der Waals surface area contributed by atoms with Crippen LogP contribution in [0.4, 0.5) is 15.8 Å². The quantitative estimate of drug-likeness (QED) is 0.830. The average Bonchev–Trinajstić information content (AvgIpc) is 2.57. The number of anilines is 2. The number of hydrogen-bond acceptors (Lipinski definition) is 2. The maximum Gasteiger partial charge on any atom is 0.242 e. The number of carbonyl (C=O) groups is 2. The van der Waals surface area contributed by atoms with Crippen molar-refractivity contribution in [2.75, 3.05) is 16.8 Å². The van der Waals surface area contributed by atoms with Gasteiger partial charge in [0.1, 0.15) is 11.2 Å². The van der Waals surface area contributed by atoms with Crippen molar-refractivity contribution in [3.63, 3.8) is 0 Å². The molecule has 0 spiro atoms. The monoisotopic (exact) mass is 342 g/mol. The molecule has 2 rings (SSSR count). The minimum Gasteiger partial charge on any atom is -0.325 e. The SMILES string of the molecule is CCN(C(=O)C(C)(C)C(=O)Nc1ccc(F)cc1)c1cccc(C)c1. The van der Waals surface area contributed by atoms with Gasteiger partial charge in [0.25, 0.3) is 0 Å². The van der Waals surface area contributed by atoms with Crippen molar-refractivity contribution in [1.29, 1.82) is 0 Å². The van der Waals surface area contributed by atoms with Gasteiger partial charge in [-0.05, 0) is 69.7 Å². The van der Waals surface area contributed by atoms with Gasteiger partial charge in [-0.25, -0.2) is 4.39 Å². The molecule has 2 aromatic carbocycles. The molecule has 0 saturated carbocycles. The second kappa shape index (κ2) is 7.47. The Morgan fingerprint density at radius 1 is 1.12 bits per heavy atom. The Labute approximate surface area is 147 Å². The Kier molecular flexibility index (Phi) is 5.57. The van der Waals surface area contributed by atoms with Crippen molar-refractivity contribution in [2.24, 2.45) is 5.41 Å². The minimum atomic E-state index is -1.27. The molecule has 0 aliphatic carbocycles. The van der Waals surface area contributed by atoms with Crippen molar-refractivity contribution in [1.82, 2.24) is 0 Å². The number of nitrogens with zero attached hydrogens (tertiary/aromatic N) is 1. The number of carbonyl (C=O) groups excluding carboxylic acids is 2. The summed E-state index contributed by atoms with van der Waals surface area (Å²) in [6.07, 6.45) is 0. The van der Waals surface area contributed by atoms with Gasteiger partial charge in [0, 0.05) is 17.9 Å². The molecule has 0 aliphatic rings. The highest BCUT2D eigenvalue weighted by atomic mass is 19.1. The molecule has 0 unspecified atom stereocenters. The Morgan fingerprint density at radius 2 is 1.76 bits per heavy atom. The minimum absolute atomic E-state index is 0.291. The molecule has 4 nitrogen and oxygen atoms in total. The van der Waals surface area contributed by atoms with Crippen molar-refractivity contribution in [3.05, 3.63) is 59.9 Å². The van der Waals surface area contributed by atoms with Gasteiger partial charge < -0.3 is 10.2 Å². The maximum atomic E-state index is 13.0. The highest BCUT2D eigenvalue weighted by Crippen LogP contribution is 2.26. The number of rotatable bonds is 5. The van der Waals surface area contributed by atoms with Gasteiger partial charge in [0.2, 0.25) is 11.8 Å². The fourth-order valence-corrected chi connectivity index (χ4v) is 2.49. The van der Waals surface area contributed by atoms with Crippen LogP contribution in [-0.4, -0.2) is 18.4 Å². The molecule has 1 N–H and O–H groups in total. The van der Waals surface area contributed by atoms with Gasteiger partial charge in [0.05, 0.1) is 0 Å². The molecule has 0 atom stereocenters. The van der Waals surface area contributed by atoms with Crippen LogP contribution >= 0.6 is 0 Å². The number of amides is 2. The van der Waals surface area contributed by atoms with Crippen molar-refractivity contribution >= 4 is 23.2 Å². The van der Waals surface area contributed by atoms with Crippen LogP contribution in [0.15, 0.2) is 48.5 Å². The molecule has 0 radical (unpaired) electrons. The first kappa shape index (κ1) is 18.6. The summed E-state index contributed by atoms with van der Waals surface area (Å²) < 4.78 is 13.0.